The van der Waals surface area contributed by atoms with E-state index in [0.717, 1.165) is 19.3 Å². The third-order valence-corrected chi connectivity index (χ3v) is 15.1. The van der Waals surface area contributed by atoms with Crippen molar-refractivity contribution in [3.05, 3.63) is 0 Å². The lowest BCUT2D eigenvalue weighted by Gasteiger charge is -2.23. The Morgan fingerprint density at radius 1 is 0.258 bits per heavy atom. The SMILES string of the molecule is CCCCCCCCCCCCCCCCC(C)COP(=O)(OCC(C)CCCCCCCCCCCCCCCC)OCC(C)CCCCCCCCCCCCCCCC. The van der Waals surface area contributed by atoms with Crippen LogP contribution in [0.25, 0.3) is 0 Å². The van der Waals surface area contributed by atoms with Crippen LogP contribution in [0.1, 0.15) is 330 Å². The van der Waals surface area contributed by atoms with E-state index in [1.807, 2.05) is 0 Å². The molecule has 4 nitrogen and oxygen atoms in total. The summed E-state index contributed by atoms with van der Waals surface area (Å²) in [5, 5.41) is 0. The standard InChI is InChI=1S/C57H117O4P/c1-7-10-13-16-19-22-25-28-31-34-37-40-43-46-49-55(4)52-59-62(58,60-53-56(5)50-47-44-41-38-35-32-29-26-23-20-17-14-11-8-2)61-54-57(6)51-48-45-42-39-36-33-30-27-24-21-18-15-12-9-3/h55-57H,7-54H2,1-6H3. The minimum absolute atomic E-state index is 0.355. The highest BCUT2D eigenvalue weighted by molar-refractivity contribution is 7.48. The molecule has 0 aromatic heterocycles. The van der Waals surface area contributed by atoms with Crippen molar-refractivity contribution in [3.8, 4) is 0 Å². The normalized spacial score (nSPS) is 14.4. The van der Waals surface area contributed by atoms with E-state index in [-0.39, 0.29) is 0 Å². The number of rotatable bonds is 54. The molecule has 0 bridgehead atoms. The van der Waals surface area contributed by atoms with E-state index in [1.54, 1.807) is 0 Å². The number of hydrogen-bond donors (Lipinski definition) is 0. The smallest absolute Gasteiger partial charge is 0.287 e. The molecule has 0 N–H and O–H groups in total. The van der Waals surface area contributed by atoms with Crippen LogP contribution < -0.4 is 0 Å². The second-order valence-electron chi connectivity index (χ2n) is 20.8. The molecule has 0 aromatic rings. The van der Waals surface area contributed by atoms with E-state index in [1.165, 1.54) is 270 Å². The molecule has 0 aliphatic carbocycles. The van der Waals surface area contributed by atoms with E-state index in [9.17, 15) is 4.57 Å². The van der Waals surface area contributed by atoms with E-state index in [4.69, 9.17) is 13.6 Å². The Bertz CT molecular complexity index is 771. The maximum Gasteiger partial charge on any atom is 0.474 e. The molecule has 0 saturated heterocycles. The van der Waals surface area contributed by atoms with Gasteiger partial charge in [-0.2, -0.15) is 0 Å². The lowest BCUT2D eigenvalue weighted by Crippen LogP contribution is -2.13. The molecule has 62 heavy (non-hydrogen) atoms. The van der Waals surface area contributed by atoms with E-state index < -0.39 is 7.82 Å². The summed E-state index contributed by atoms with van der Waals surface area (Å²) in [7, 11) is -3.60. The summed E-state index contributed by atoms with van der Waals surface area (Å²) in [5.41, 5.74) is 0. The fraction of sp³-hybridized carbons (Fsp3) is 1.00. The van der Waals surface area contributed by atoms with Crippen molar-refractivity contribution < 1.29 is 18.1 Å². The summed E-state index contributed by atoms with van der Waals surface area (Å²) in [4.78, 5) is 0. The van der Waals surface area contributed by atoms with Gasteiger partial charge in [0.15, 0.2) is 0 Å². The molecular weight excluding hydrogens is 780 g/mol. The highest BCUT2D eigenvalue weighted by Crippen LogP contribution is 2.51. The van der Waals surface area contributed by atoms with E-state index >= 15 is 0 Å². The summed E-state index contributed by atoms with van der Waals surface area (Å²) in [6.45, 7) is 15.0. The zero-order chi connectivity index (χ0) is 45.3. The van der Waals surface area contributed by atoms with Gasteiger partial charge in [-0.3, -0.25) is 13.6 Å². The average molecular weight is 898 g/mol. The molecule has 0 heterocycles. The van der Waals surface area contributed by atoms with Gasteiger partial charge in [-0.15, -0.1) is 0 Å². The topological polar surface area (TPSA) is 44.8 Å². The minimum Gasteiger partial charge on any atom is -0.287 e. The third-order valence-electron chi connectivity index (χ3n) is 13.7. The molecule has 0 spiro atoms. The third kappa shape index (κ3) is 48.1. The molecule has 0 aliphatic rings. The van der Waals surface area contributed by atoms with Crippen molar-refractivity contribution in [2.24, 2.45) is 17.8 Å². The zero-order valence-electron chi connectivity index (χ0n) is 43.8. The zero-order valence-corrected chi connectivity index (χ0v) is 44.6. The van der Waals surface area contributed by atoms with Crippen LogP contribution in [0, 0.1) is 17.8 Å². The van der Waals surface area contributed by atoms with Crippen LogP contribution in [0.5, 0.6) is 0 Å². The van der Waals surface area contributed by atoms with Crippen LogP contribution >= 0.6 is 7.82 Å². The quantitative estimate of drug-likeness (QED) is 0.0451. The van der Waals surface area contributed by atoms with Crippen molar-refractivity contribution in [1.29, 1.82) is 0 Å². The minimum atomic E-state index is -3.60. The summed E-state index contributed by atoms with van der Waals surface area (Å²) in [6.07, 6.45) is 61.4. The molecule has 0 saturated carbocycles. The molecule has 374 valence electrons. The fourth-order valence-corrected chi connectivity index (χ4v) is 10.6. The monoisotopic (exact) mass is 897 g/mol. The first kappa shape index (κ1) is 62.1. The van der Waals surface area contributed by atoms with Crippen molar-refractivity contribution in [1.82, 2.24) is 0 Å². The first-order valence-corrected chi connectivity index (χ1v) is 30.4. The predicted molar refractivity (Wildman–Crippen MR) is 278 cm³/mol. The first-order valence-electron chi connectivity index (χ1n) is 28.9. The van der Waals surface area contributed by atoms with Crippen LogP contribution in [0.4, 0.5) is 0 Å². The van der Waals surface area contributed by atoms with Gasteiger partial charge in [0.2, 0.25) is 0 Å². The van der Waals surface area contributed by atoms with Crippen molar-refractivity contribution in [2.75, 3.05) is 19.8 Å². The van der Waals surface area contributed by atoms with Crippen LogP contribution in [0.2, 0.25) is 0 Å². The van der Waals surface area contributed by atoms with Crippen molar-refractivity contribution in [3.63, 3.8) is 0 Å². The summed E-state index contributed by atoms with van der Waals surface area (Å²) < 4.78 is 32.4. The Hall–Kier alpha value is 0.110. The molecule has 0 rings (SSSR count). The molecule has 0 amide bonds. The average Bonchev–Trinajstić information content (AvgIpc) is 3.27. The lowest BCUT2D eigenvalue weighted by molar-refractivity contribution is 0.0798. The van der Waals surface area contributed by atoms with Crippen LogP contribution in [0.3, 0.4) is 0 Å². The molecule has 5 heteroatoms. The number of unbranched alkanes of at least 4 members (excludes halogenated alkanes) is 39. The van der Waals surface area contributed by atoms with Gasteiger partial charge in [-0.05, 0) is 37.0 Å². The van der Waals surface area contributed by atoms with Gasteiger partial charge in [-0.1, -0.05) is 311 Å². The maximum absolute atomic E-state index is 14.1. The molecular formula is C57H117O4P. The Morgan fingerprint density at radius 2 is 0.403 bits per heavy atom. The Kier molecular flexibility index (Phi) is 50.6. The molecule has 0 aromatic carbocycles. The Morgan fingerprint density at radius 3 is 0.565 bits per heavy atom. The Balaban J connectivity index is 4.42. The summed E-state index contributed by atoms with van der Waals surface area (Å²) in [6, 6.07) is 0. The van der Waals surface area contributed by atoms with Gasteiger partial charge in [0.25, 0.3) is 0 Å². The highest BCUT2D eigenvalue weighted by atomic mass is 31.2. The van der Waals surface area contributed by atoms with Crippen LogP contribution in [0.15, 0.2) is 0 Å². The second-order valence-corrected chi connectivity index (χ2v) is 22.5. The highest BCUT2D eigenvalue weighted by Gasteiger charge is 2.29. The van der Waals surface area contributed by atoms with Crippen molar-refractivity contribution in [2.45, 2.75) is 330 Å². The van der Waals surface area contributed by atoms with Crippen LogP contribution in [-0.4, -0.2) is 19.8 Å². The number of phosphoric acid groups is 1. The molecule has 0 fully saturated rings. The van der Waals surface area contributed by atoms with Gasteiger partial charge < -0.3 is 0 Å². The molecule has 0 aliphatic heterocycles. The number of phosphoric ester groups is 1. The molecule has 0 radical (unpaired) electrons. The van der Waals surface area contributed by atoms with Gasteiger partial charge in [0.05, 0.1) is 19.8 Å². The second kappa shape index (κ2) is 50.5. The van der Waals surface area contributed by atoms with Crippen molar-refractivity contribution >= 4 is 7.82 Å². The number of hydrogen-bond acceptors (Lipinski definition) is 4. The van der Waals surface area contributed by atoms with E-state index in [0.29, 0.717) is 37.6 Å². The largest absolute Gasteiger partial charge is 0.474 e. The fourth-order valence-electron chi connectivity index (χ4n) is 9.08. The summed E-state index contributed by atoms with van der Waals surface area (Å²) >= 11 is 0. The Labute approximate surface area is 392 Å². The van der Waals surface area contributed by atoms with Gasteiger partial charge in [-0.25, -0.2) is 4.57 Å². The molecule has 3 atom stereocenters. The van der Waals surface area contributed by atoms with Gasteiger partial charge >= 0.3 is 7.82 Å². The molecule has 3 unspecified atom stereocenters. The van der Waals surface area contributed by atoms with Crippen LogP contribution in [-0.2, 0) is 18.1 Å². The maximum atomic E-state index is 14.1. The summed E-state index contributed by atoms with van der Waals surface area (Å²) in [5.74, 6) is 1.07. The lowest BCUT2D eigenvalue weighted by atomic mass is 10.0. The van der Waals surface area contributed by atoms with Gasteiger partial charge in [0.1, 0.15) is 0 Å². The van der Waals surface area contributed by atoms with Gasteiger partial charge in [0, 0.05) is 0 Å². The van der Waals surface area contributed by atoms with E-state index in [2.05, 4.69) is 41.5 Å². The first-order chi connectivity index (χ1) is 30.4. The predicted octanol–water partition coefficient (Wildman–Crippen LogP) is 21.7.